The fourth-order valence-electron chi connectivity index (χ4n) is 1.90. The highest BCUT2D eigenvalue weighted by Crippen LogP contribution is 2.29. The molecule has 0 amide bonds. The second-order valence-corrected chi connectivity index (χ2v) is 3.61. The van der Waals surface area contributed by atoms with E-state index in [-0.39, 0.29) is 11.9 Å². The summed E-state index contributed by atoms with van der Waals surface area (Å²) in [5, 5.41) is 0. The van der Waals surface area contributed by atoms with Crippen molar-refractivity contribution in [1.82, 2.24) is 0 Å². The number of hydrogen-bond donors (Lipinski definition) is 0. The molecule has 0 spiro atoms. The van der Waals surface area contributed by atoms with Crippen molar-refractivity contribution in [2.24, 2.45) is 5.92 Å². The number of ketones is 1. The number of ether oxygens (including phenoxy) is 1. The van der Waals surface area contributed by atoms with Crippen LogP contribution >= 0.6 is 0 Å². The van der Waals surface area contributed by atoms with Crippen LogP contribution in [0.15, 0.2) is 11.8 Å². The zero-order valence-electron chi connectivity index (χ0n) is 7.41. The number of rotatable bonds is 2. The van der Waals surface area contributed by atoms with Gasteiger partial charge in [-0.15, -0.1) is 0 Å². The largest absolute Gasteiger partial charge is 0.431 e. The lowest BCUT2D eigenvalue weighted by atomic mass is 10.0. The van der Waals surface area contributed by atoms with Crippen LogP contribution in [0.4, 0.5) is 0 Å². The lowest BCUT2D eigenvalue weighted by molar-refractivity contribution is -0.137. The van der Waals surface area contributed by atoms with Gasteiger partial charge in [0.25, 0.3) is 0 Å². The lowest BCUT2D eigenvalue weighted by Crippen LogP contribution is -2.08. The maximum Gasteiger partial charge on any atom is 0.314 e. The lowest BCUT2D eigenvalue weighted by Gasteiger charge is -2.07. The molecule has 1 heterocycles. The second-order valence-electron chi connectivity index (χ2n) is 3.61. The number of carbonyl (C=O) groups is 2. The van der Waals surface area contributed by atoms with E-state index >= 15 is 0 Å². The highest BCUT2D eigenvalue weighted by molar-refractivity contribution is 5.83. The second kappa shape index (κ2) is 3.32. The van der Waals surface area contributed by atoms with Gasteiger partial charge in [-0.1, -0.05) is 0 Å². The molecule has 13 heavy (non-hydrogen) atoms. The molecule has 1 atom stereocenters. The molecule has 1 unspecified atom stereocenters. The van der Waals surface area contributed by atoms with Gasteiger partial charge in [-0.05, 0) is 18.9 Å². The number of esters is 1. The number of cyclic esters (lactones) is 1. The zero-order chi connectivity index (χ0) is 9.26. The molecule has 1 saturated carbocycles. The molecule has 0 radical (unpaired) electrons. The fourth-order valence-corrected chi connectivity index (χ4v) is 1.90. The van der Waals surface area contributed by atoms with Crippen molar-refractivity contribution in [3.63, 3.8) is 0 Å². The molecule has 3 nitrogen and oxygen atoms in total. The maximum atomic E-state index is 11.3. The number of Topliss-reactive ketones (excluding diaryl/α,β-unsaturated/α-hetero) is 1. The van der Waals surface area contributed by atoms with Crippen molar-refractivity contribution in [3.8, 4) is 0 Å². The molecule has 0 aromatic carbocycles. The normalized spacial score (nSPS) is 27.7. The van der Waals surface area contributed by atoms with Crippen LogP contribution in [0, 0.1) is 5.92 Å². The molecule has 0 aromatic rings. The molecule has 0 bridgehead atoms. The first-order valence-corrected chi connectivity index (χ1v) is 4.68. The number of carbonyl (C=O) groups excluding carboxylic acids is 2. The van der Waals surface area contributed by atoms with E-state index < -0.39 is 0 Å². The van der Waals surface area contributed by atoms with Crippen LogP contribution in [0.25, 0.3) is 0 Å². The van der Waals surface area contributed by atoms with E-state index in [1.807, 2.05) is 0 Å². The van der Waals surface area contributed by atoms with Gasteiger partial charge in [-0.3, -0.25) is 9.59 Å². The number of hydrogen-bond acceptors (Lipinski definition) is 3. The summed E-state index contributed by atoms with van der Waals surface area (Å²) in [6, 6.07) is 0. The average Bonchev–Trinajstić information content (AvgIpc) is 2.64. The summed E-state index contributed by atoms with van der Waals surface area (Å²) in [7, 11) is 0. The van der Waals surface area contributed by atoms with Crippen molar-refractivity contribution >= 4 is 11.8 Å². The molecule has 1 aliphatic carbocycles. The van der Waals surface area contributed by atoms with Gasteiger partial charge in [0, 0.05) is 18.8 Å². The van der Waals surface area contributed by atoms with E-state index in [1.54, 1.807) is 6.08 Å². The van der Waals surface area contributed by atoms with Gasteiger partial charge >= 0.3 is 5.97 Å². The van der Waals surface area contributed by atoms with E-state index in [0.717, 1.165) is 12.8 Å². The summed E-state index contributed by atoms with van der Waals surface area (Å²) in [6.07, 6.45) is 5.43. The molecule has 3 heteroatoms. The van der Waals surface area contributed by atoms with Gasteiger partial charge < -0.3 is 4.74 Å². The van der Waals surface area contributed by atoms with Crippen LogP contribution in [-0.4, -0.2) is 11.8 Å². The molecule has 1 fully saturated rings. The summed E-state index contributed by atoms with van der Waals surface area (Å²) in [4.78, 5) is 22.0. The summed E-state index contributed by atoms with van der Waals surface area (Å²) >= 11 is 0. The Morgan fingerprint density at radius 1 is 1.46 bits per heavy atom. The molecule has 0 saturated heterocycles. The summed E-state index contributed by atoms with van der Waals surface area (Å²) in [5.74, 6) is 0.937. The molecule has 2 rings (SSSR count). The Kier molecular flexibility index (Phi) is 2.17. The van der Waals surface area contributed by atoms with Crippen LogP contribution in [0.2, 0.25) is 0 Å². The Labute approximate surface area is 76.8 Å². The maximum absolute atomic E-state index is 11.3. The minimum atomic E-state index is -0.194. The predicted octanol–water partition coefficient (Wildman–Crippen LogP) is 1.58. The van der Waals surface area contributed by atoms with E-state index in [1.165, 1.54) is 0 Å². The monoisotopic (exact) mass is 180 g/mol. The predicted molar refractivity (Wildman–Crippen MR) is 45.8 cm³/mol. The third-order valence-corrected chi connectivity index (χ3v) is 2.62. The van der Waals surface area contributed by atoms with Gasteiger partial charge in [0.15, 0.2) is 0 Å². The topological polar surface area (TPSA) is 43.4 Å². The van der Waals surface area contributed by atoms with Gasteiger partial charge in [-0.2, -0.15) is 0 Å². The van der Waals surface area contributed by atoms with Crippen LogP contribution in [-0.2, 0) is 14.3 Å². The van der Waals surface area contributed by atoms with Crippen molar-refractivity contribution in [1.29, 1.82) is 0 Å². The van der Waals surface area contributed by atoms with Crippen molar-refractivity contribution in [2.45, 2.75) is 32.1 Å². The van der Waals surface area contributed by atoms with Gasteiger partial charge in [0.2, 0.25) is 0 Å². The quantitative estimate of drug-likeness (QED) is 0.606. The van der Waals surface area contributed by atoms with Crippen LogP contribution < -0.4 is 0 Å². The molecular weight excluding hydrogens is 168 g/mol. The summed E-state index contributed by atoms with van der Waals surface area (Å²) in [5.41, 5.74) is 0. The third-order valence-electron chi connectivity index (χ3n) is 2.62. The van der Waals surface area contributed by atoms with Crippen LogP contribution in [0.5, 0.6) is 0 Å². The standard InChI is InChI=1S/C10H12O3/c11-9-3-1-2-7(9)6-8-4-5-10(12)13-8/h4,7H,1-3,5-6H2. The fraction of sp³-hybridized carbons (Fsp3) is 0.600. The highest BCUT2D eigenvalue weighted by Gasteiger charge is 2.27. The van der Waals surface area contributed by atoms with Crippen molar-refractivity contribution in [2.75, 3.05) is 0 Å². The summed E-state index contributed by atoms with van der Waals surface area (Å²) in [6.45, 7) is 0. The van der Waals surface area contributed by atoms with Gasteiger partial charge in [0.1, 0.15) is 11.5 Å². The SMILES string of the molecule is O=C1CC=C(CC2CCCC2=O)O1. The molecule has 70 valence electrons. The Morgan fingerprint density at radius 2 is 2.31 bits per heavy atom. The molecule has 2 aliphatic rings. The van der Waals surface area contributed by atoms with E-state index in [4.69, 9.17) is 4.74 Å². The first-order valence-electron chi connectivity index (χ1n) is 4.68. The van der Waals surface area contributed by atoms with Crippen molar-refractivity contribution < 1.29 is 14.3 Å². The Hall–Kier alpha value is -1.12. The Morgan fingerprint density at radius 3 is 2.85 bits per heavy atom. The Balaban J connectivity index is 1.91. The molecular formula is C10H12O3. The van der Waals surface area contributed by atoms with E-state index in [2.05, 4.69) is 0 Å². The van der Waals surface area contributed by atoms with Crippen LogP contribution in [0.1, 0.15) is 32.1 Å². The van der Waals surface area contributed by atoms with Gasteiger partial charge in [-0.25, -0.2) is 0 Å². The molecule has 0 N–H and O–H groups in total. The van der Waals surface area contributed by atoms with Gasteiger partial charge in [0.05, 0.1) is 6.42 Å². The minimum Gasteiger partial charge on any atom is -0.431 e. The highest BCUT2D eigenvalue weighted by atomic mass is 16.5. The molecule has 1 aliphatic heterocycles. The summed E-state index contributed by atoms with van der Waals surface area (Å²) < 4.78 is 4.94. The smallest absolute Gasteiger partial charge is 0.314 e. The minimum absolute atomic E-state index is 0.108. The Bertz CT molecular complexity index is 278. The van der Waals surface area contributed by atoms with E-state index in [9.17, 15) is 9.59 Å². The van der Waals surface area contributed by atoms with Crippen molar-refractivity contribution in [3.05, 3.63) is 11.8 Å². The number of allylic oxidation sites excluding steroid dienone is 1. The first-order chi connectivity index (χ1) is 6.25. The zero-order valence-corrected chi connectivity index (χ0v) is 7.41. The third kappa shape index (κ3) is 1.79. The first kappa shape index (κ1) is 8.48. The van der Waals surface area contributed by atoms with E-state index in [0.29, 0.717) is 30.8 Å². The van der Waals surface area contributed by atoms with Crippen LogP contribution in [0.3, 0.4) is 0 Å². The molecule has 0 aromatic heterocycles. The average molecular weight is 180 g/mol.